The summed E-state index contributed by atoms with van der Waals surface area (Å²) in [6, 6.07) is 15.3. The van der Waals surface area contributed by atoms with Gasteiger partial charge in [-0.3, -0.25) is 0 Å². The number of methoxy groups -OCH3 is 1. The third kappa shape index (κ3) is 5.25. The summed E-state index contributed by atoms with van der Waals surface area (Å²) in [5.41, 5.74) is 3.18. The maximum Gasteiger partial charge on any atom is 0.338 e. The number of nitrogens with one attached hydrogen (secondary N) is 1. The largest absolute Gasteiger partial charge is 0.489 e. The minimum Gasteiger partial charge on any atom is -0.489 e. The molecule has 3 aromatic rings. The second-order valence-corrected chi connectivity index (χ2v) is 9.53. The summed E-state index contributed by atoms with van der Waals surface area (Å²) in [6.45, 7) is 4.44. The van der Waals surface area contributed by atoms with Crippen molar-refractivity contribution in [2.45, 2.75) is 38.1 Å². The van der Waals surface area contributed by atoms with E-state index < -0.39 is 12.0 Å². The molecule has 172 valence electrons. The fraction of sp³-hybridized carbons (Fsp3) is 0.292. The van der Waals surface area contributed by atoms with Crippen LogP contribution in [0.4, 0.5) is 5.95 Å². The number of esters is 1. The van der Waals surface area contributed by atoms with Gasteiger partial charge in [0.2, 0.25) is 11.1 Å². The molecule has 0 saturated carbocycles. The first-order valence-electron chi connectivity index (χ1n) is 10.6. The smallest absolute Gasteiger partial charge is 0.338 e. The second-order valence-electron chi connectivity index (χ2n) is 7.55. The molecule has 1 atom stereocenters. The van der Waals surface area contributed by atoms with Crippen molar-refractivity contribution in [3.05, 3.63) is 75.4 Å². The lowest BCUT2D eigenvalue weighted by molar-refractivity contribution is -0.136. The van der Waals surface area contributed by atoms with Gasteiger partial charge in [-0.1, -0.05) is 58.9 Å². The molecule has 0 radical (unpaired) electrons. The third-order valence-corrected chi connectivity index (χ3v) is 6.76. The number of halogens is 1. The number of ether oxygens (including phenoxy) is 2. The number of rotatable bonds is 8. The Morgan fingerprint density at radius 2 is 1.91 bits per heavy atom. The van der Waals surface area contributed by atoms with Crippen LogP contribution in [0.3, 0.4) is 0 Å². The second kappa shape index (κ2) is 10.4. The number of anilines is 1. The van der Waals surface area contributed by atoms with Crippen LogP contribution in [0.1, 0.15) is 37.4 Å². The monoisotopic (exact) mass is 528 g/mol. The molecule has 0 spiro atoms. The highest BCUT2D eigenvalue weighted by Gasteiger charge is 2.35. The lowest BCUT2D eigenvalue weighted by Gasteiger charge is -2.27. The highest BCUT2D eigenvalue weighted by molar-refractivity contribution is 9.10. The Morgan fingerprint density at radius 3 is 2.58 bits per heavy atom. The Morgan fingerprint density at radius 1 is 1.18 bits per heavy atom. The van der Waals surface area contributed by atoms with E-state index in [0.29, 0.717) is 29.0 Å². The van der Waals surface area contributed by atoms with Crippen molar-refractivity contribution in [3.63, 3.8) is 0 Å². The number of hydrogen-bond donors (Lipinski definition) is 1. The van der Waals surface area contributed by atoms with E-state index in [1.807, 2.05) is 55.5 Å². The number of carbonyl (C=O) groups is 1. The van der Waals surface area contributed by atoms with Crippen molar-refractivity contribution in [3.8, 4) is 5.75 Å². The van der Waals surface area contributed by atoms with E-state index in [2.05, 4.69) is 38.3 Å². The molecular weight excluding hydrogens is 504 g/mol. The zero-order chi connectivity index (χ0) is 23.4. The molecule has 0 aliphatic carbocycles. The summed E-state index contributed by atoms with van der Waals surface area (Å²) in [5, 5.41) is 8.56. The van der Waals surface area contributed by atoms with Gasteiger partial charge in [-0.15, -0.1) is 5.10 Å². The summed E-state index contributed by atoms with van der Waals surface area (Å²) >= 11 is 5.04. The van der Waals surface area contributed by atoms with E-state index in [1.165, 1.54) is 7.11 Å². The summed E-state index contributed by atoms with van der Waals surface area (Å²) in [4.78, 5) is 17.3. The summed E-state index contributed by atoms with van der Waals surface area (Å²) in [5.74, 6) is 1.88. The number of benzene rings is 2. The molecule has 9 heteroatoms. The van der Waals surface area contributed by atoms with Crippen LogP contribution >= 0.6 is 27.7 Å². The molecule has 1 aliphatic heterocycles. The maximum atomic E-state index is 12.7. The van der Waals surface area contributed by atoms with Crippen molar-refractivity contribution in [2.24, 2.45) is 0 Å². The van der Waals surface area contributed by atoms with Crippen molar-refractivity contribution in [1.29, 1.82) is 0 Å². The summed E-state index contributed by atoms with van der Waals surface area (Å²) in [7, 11) is 1.39. The topological polar surface area (TPSA) is 78.3 Å². The van der Waals surface area contributed by atoms with Gasteiger partial charge < -0.3 is 14.8 Å². The van der Waals surface area contributed by atoms with Gasteiger partial charge in [0.05, 0.1) is 12.7 Å². The lowest BCUT2D eigenvalue weighted by atomic mass is 9.96. The van der Waals surface area contributed by atoms with Crippen LogP contribution < -0.4 is 10.1 Å². The van der Waals surface area contributed by atoms with Crippen LogP contribution in [-0.4, -0.2) is 33.6 Å². The number of fused-ring (bicyclic) bond motifs is 1. The predicted molar refractivity (Wildman–Crippen MR) is 132 cm³/mol. The summed E-state index contributed by atoms with van der Waals surface area (Å²) < 4.78 is 13.8. The lowest BCUT2D eigenvalue weighted by Crippen LogP contribution is -2.29. The first kappa shape index (κ1) is 23.4. The Hall–Kier alpha value is -2.78. The average molecular weight is 529 g/mol. The molecule has 1 aromatic heterocycles. The van der Waals surface area contributed by atoms with Gasteiger partial charge in [0, 0.05) is 15.9 Å². The minimum atomic E-state index is -0.447. The quantitative estimate of drug-likeness (QED) is 0.301. The highest BCUT2D eigenvalue weighted by Crippen LogP contribution is 2.37. The fourth-order valence-corrected chi connectivity index (χ4v) is 4.51. The SMILES string of the molecule is CCCSc1nc2n(n1)C(c1ccc(OCc3ccc(Br)cc3)cc1)C(C(=O)OC)=C(C)N2. The molecule has 1 aliphatic rings. The van der Waals surface area contributed by atoms with E-state index >= 15 is 0 Å². The zero-order valence-electron chi connectivity index (χ0n) is 18.7. The number of aromatic nitrogens is 3. The van der Waals surface area contributed by atoms with Crippen molar-refractivity contribution in [2.75, 3.05) is 18.2 Å². The van der Waals surface area contributed by atoms with Gasteiger partial charge in [-0.25, -0.2) is 9.48 Å². The molecular formula is C24H25BrN4O3S. The standard InChI is InChI=1S/C24H25BrN4O3S/c1-4-13-33-24-27-23-26-15(2)20(22(30)31-3)21(29(23)28-24)17-7-11-19(12-8-17)32-14-16-5-9-18(25)10-6-16/h5-12,21H,4,13-14H2,1-3H3,(H,26,27,28). The molecule has 0 bridgehead atoms. The van der Waals surface area contributed by atoms with Crippen LogP contribution in [0.25, 0.3) is 0 Å². The third-order valence-electron chi connectivity index (χ3n) is 5.19. The molecule has 7 nitrogen and oxygen atoms in total. The minimum absolute atomic E-state index is 0.399. The van der Waals surface area contributed by atoms with Crippen LogP contribution in [0.2, 0.25) is 0 Å². The van der Waals surface area contributed by atoms with E-state index in [4.69, 9.17) is 9.47 Å². The predicted octanol–water partition coefficient (Wildman–Crippen LogP) is 5.58. The Kier molecular flexibility index (Phi) is 7.39. The molecule has 0 amide bonds. The highest BCUT2D eigenvalue weighted by atomic mass is 79.9. The summed E-state index contributed by atoms with van der Waals surface area (Å²) in [6.07, 6.45) is 1.03. The van der Waals surface area contributed by atoms with Gasteiger partial charge in [0.15, 0.2) is 0 Å². The number of thioether (sulfide) groups is 1. The van der Waals surface area contributed by atoms with Crippen molar-refractivity contribution in [1.82, 2.24) is 14.8 Å². The van der Waals surface area contributed by atoms with Gasteiger partial charge in [-0.05, 0) is 48.7 Å². The Bertz CT molecular complexity index is 1160. The molecule has 0 saturated heterocycles. The zero-order valence-corrected chi connectivity index (χ0v) is 21.1. The Balaban J connectivity index is 1.61. The van der Waals surface area contributed by atoms with Crippen LogP contribution in [-0.2, 0) is 16.1 Å². The number of nitrogens with zero attached hydrogens (tertiary/aromatic N) is 3. The van der Waals surface area contributed by atoms with Gasteiger partial charge in [-0.2, -0.15) is 4.98 Å². The van der Waals surface area contributed by atoms with Crippen LogP contribution in [0.15, 0.2) is 69.4 Å². The van der Waals surface area contributed by atoms with Crippen LogP contribution in [0.5, 0.6) is 5.75 Å². The van der Waals surface area contributed by atoms with Gasteiger partial charge >= 0.3 is 5.97 Å². The fourth-order valence-electron chi connectivity index (χ4n) is 3.56. The first-order valence-corrected chi connectivity index (χ1v) is 12.4. The molecule has 2 heterocycles. The van der Waals surface area contributed by atoms with Crippen molar-refractivity contribution < 1.29 is 14.3 Å². The molecule has 4 rings (SSSR count). The number of allylic oxidation sites excluding steroid dienone is 1. The number of carbonyl (C=O) groups excluding carboxylic acids is 1. The van der Waals surface area contributed by atoms with Crippen LogP contribution in [0, 0.1) is 0 Å². The molecule has 0 fully saturated rings. The van der Waals surface area contributed by atoms with Crippen molar-refractivity contribution >= 4 is 39.6 Å². The molecule has 2 aromatic carbocycles. The number of hydrogen-bond acceptors (Lipinski definition) is 7. The van der Waals surface area contributed by atoms with Gasteiger partial charge in [0.25, 0.3) is 0 Å². The average Bonchev–Trinajstić information content (AvgIpc) is 3.23. The van der Waals surface area contributed by atoms with E-state index in [1.54, 1.807) is 16.4 Å². The Labute approximate surface area is 205 Å². The maximum absolute atomic E-state index is 12.7. The van der Waals surface area contributed by atoms with Gasteiger partial charge in [0.1, 0.15) is 18.4 Å². The molecule has 1 unspecified atom stereocenters. The van der Waals surface area contributed by atoms with E-state index in [9.17, 15) is 4.79 Å². The normalized spacial score (nSPS) is 15.1. The molecule has 33 heavy (non-hydrogen) atoms. The van der Waals surface area contributed by atoms with E-state index in [0.717, 1.165) is 33.5 Å². The first-order chi connectivity index (χ1) is 16.0. The van der Waals surface area contributed by atoms with E-state index in [-0.39, 0.29) is 0 Å². The molecule has 1 N–H and O–H groups in total.